The Bertz CT molecular complexity index is 1200. The van der Waals surface area contributed by atoms with Crippen LogP contribution >= 0.6 is 7.75 Å². The van der Waals surface area contributed by atoms with Gasteiger partial charge in [0, 0.05) is 12.3 Å². The van der Waals surface area contributed by atoms with Crippen molar-refractivity contribution >= 4 is 13.7 Å². The summed E-state index contributed by atoms with van der Waals surface area (Å²) in [5.41, 5.74) is -3.31. The largest absolute Gasteiger partial charge is 0.468 e. The van der Waals surface area contributed by atoms with Gasteiger partial charge in [0.25, 0.3) is 5.56 Å². The molecule has 0 saturated carbocycles. The van der Waals surface area contributed by atoms with Crippen molar-refractivity contribution in [3.05, 3.63) is 63.4 Å². The first-order chi connectivity index (χ1) is 16.4. The maximum Gasteiger partial charge on any atom is 0.459 e. The molecule has 35 heavy (non-hydrogen) atoms. The summed E-state index contributed by atoms with van der Waals surface area (Å²) in [5, 5.41) is 23.9. The molecule has 1 aromatic carbocycles. The molecule has 7 atom stereocenters. The van der Waals surface area contributed by atoms with E-state index in [0.29, 0.717) is 0 Å². The zero-order valence-corrected chi connectivity index (χ0v) is 20.4. The summed E-state index contributed by atoms with van der Waals surface area (Å²) >= 11 is 0. The molecule has 1 aliphatic heterocycles. The summed E-state index contributed by atoms with van der Waals surface area (Å²) in [4.78, 5) is 37.7. The molecule has 1 aliphatic rings. The Morgan fingerprint density at radius 2 is 1.89 bits per heavy atom. The minimum absolute atomic E-state index is 0.171. The van der Waals surface area contributed by atoms with Crippen molar-refractivity contribution in [2.24, 2.45) is 0 Å². The highest BCUT2D eigenvalue weighted by Gasteiger charge is 2.55. The number of aliphatic hydroxyl groups is 2. The molecule has 13 nitrogen and oxygen atoms in total. The number of hydrogen-bond donors (Lipinski definition) is 4. The number of aliphatic hydroxyl groups excluding tert-OH is 2. The van der Waals surface area contributed by atoms with E-state index in [9.17, 15) is 29.2 Å². The Hall–Kier alpha value is -2.80. The molecule has 14 heteroatoms. The molecule has 3 rings (SSSR count). The molecule has 192 valence electrons. The molecule has 1 aromatic heterocycles. The number of aromatic nitrogens is 2. The third-order valence-corrected chi connectivity index (χ3v) is 7.29. The minimum atomic E-state index is -4.29. The van der Waals surface area contributed by atoms with Crippen LogP contribution in [0.4, 0.5) is 0 Å². The summed E-state index contributed by atoms with van der Waals surface area (Å²) in [7, 11) is -3.13. The van der Waals surface area contributed by atoms with Gasteiger partial charge in [0.15, 0.2) is 5.72 Å². The standard InChI is InChI=1S/C21H28N3O10P/c1-12(19(28)31-4)23-35(30,34-14-8-6-5-7-9-14)33-13(2)17-16(26)18(27)21(3,32-17)24-11-10-15(25)22-20(24)29/h5-13,16-18,26-27H,1-4H3,(H,23,30)(H,22,25,29)/t12?,13?,16-,17-,18-,21-,35?/m1/s1. The number of rotatable bonds is 9. The fraction of sp³-hybridized carbons (Fsp3) is 0.476. The number of nitrogens with one attached hydrogen (secondary N) is 2. The average molecular weight is 513 g/mol. The van der Waals surface area contributed by atoms with E-state index in [1.54, 1.807) is 18.2 Å². The van der Waals surface area contributed by atoms with Crippen LogP contribution in [0.5, 0.6) is 5.75 Å². The van der Waals surface area contributed by atoms with Gasteiger partial charge in [-0.15, -0.1) is 0 Å². The molecule has 0 amide bonds. The van der Waals surface area contributed by atoms with Gasteiger partial charge in [0.05, 0.1) is 13.2 Å². The Kier molecular flexibility index (Phi) is 8.00. The van der Waals surface area contributed by atoms with Crippen LogP contribution in [-0.4, -0.2) is 63.3 Å². The molecule has 0 aliphatic carbocycles. The van der Waals surface area contributed by atoms with E-state index in [1.807, 2.05) is 0 Å². The van der Waals surface area contributed by atoms with Gasteiger partial charge in [-0.2, -0.15) is 5.09 Å². The van der Waals surface area contributed by atoms with Crippen LogP contribution < -0.4 is 20.9 Å². The van der Waals surface area contributed by atoms with E-state index in [-0.39, 0.29) is 5.75 Å². The van der Waals surface area contributed by atoms with Gasteiger partial charge >= 0.3 is 19.4 Å². The van der Waals surface area contributed by atoms with Crippen LogP contribution in [0.1, 0.15) is 20.8 Å². The Balaban J connectivity index is 1.87. The number of benzene rings is 1. The zero-order valence-electron chi connectivity index (χ0n) is 19.5. The Labute approximate surface area is 200 Å². The van der Waals surface area contributed by atoms with Gasteiger partial charge < -0.3 is 24.2 Å². The highest BCUT2D eigenvalue weighted by Crippen LogP contribution is 2.48. The Morgan fingerprint density at radius 3 is 2.49 bits per heavy atom. The van der Waals surface area contributed by atoms with Gasteiger partial charge in [-0.25, -0.2) is 9.36 Å². The normalized spacial score (nSPS) is 27.5. The topological polar surface area (TPSA) is 178 Å². The molecule has 3 unspecified atom stereocenters. The molecule has 0 spiro atoms. The number of methoxy groups -OCH3 is 1. The number of nitrogens with zero attached hydrogens (tertiary/aromatic N) is 1. The number of aromatic amines is 1. The first-order valence-electron chi connectivity index (χ1n) is 10.7. The van der Waals surface area contributed by atoms with Crippen LogP contribution in [0, 0.1) is 0 Å². The molecule has 2 aromatic rings. The molecule has 1 fully saturated rings. The maximum atomic E-state index is 13.6. The first-order valence-corrected chi connectivity index (χ1v) is 12.2. The number of ether oxygens (including phenoxy) is 2. The SMILES string of the molecule is COC(=O)C(C)NP(=O)(Oc1ccccc1)OC(C)[C@H]1O[C@@](C)(n2ccc(=O)[nH]c2=O)[C@H](O)[C@@H]1O. The second-order valence-electron chi connectivity index (χ2n) is 8.14. The van der Waals surface area contributed by atoms with E-state index in [2.05, 4.69) is 14.8 Å². The van der Waals surface area contributed by atoms with Gasteiger partial charge in [0.2, 0.25) is 0 Å². The number of hydrogen-bond acceptors (Lipinski definition) is 10. The van der Waals surface area contributed by atoms with E-state index in [0.717, 1.165) is 23.9 Å². The monoisotopic (exact) mass is 513 g/mol. The van der Waals surface area contributed by atoms with E-state index in [1.165, 1.54) is 32.9 Å². The summed E-state index contributed by atoms with van der Waals surface area (Å²) < 4.78 is 36.2. The van der Waals surface area contributed by atoms with E-state index in [4.69, 9.17) is 13.8 Å². The van der Waals surface area contributed by atoms with Crippen LogP contribution in [-0.2, 0) is 29.1 Å². The lowest BCUT2D eigenvalue weighted by Crippen LogP contribution is -2.49. The molecule has 0 radical (unpaired) electrons. The van der Waals surface area contributed by atoms with Gasteiger partial charge in [-0.3, -0.25) is 23.7 Å². The fourth-order valence-corrected chi connectivity index (χ4v) is 5.39. The van der Waals surface area contributed by atoms with Crippen molar-refractivity contribution in [1.29, 1.82) is 0 Å². The van der Waals surface area contributed by atoms with Crippen molar-refractivity contribution in [3.63, 3.8) is 0 Å². The van der Waals surface area contributed by atoms with Gasteiger partial charge in [-0.05, 0) is 32.9 Å². The number of H-pyrrole nitrogens is 1. The summed E-state index contributed by atoms with van der Waals surface area (Å²) in [6.07, 6.45) is -4.58. The molecule has 4 N–H and O–H groups in total. The molecule has 2 heterocycles. The second kappa shape index (κ2) is 10.4. The Morgan fingerprint density at radius 1 is 1.23 bits per heavy atom. The number of esters is 1. The predicted octanol–water partition coefficient (Wildman–Crippen LogP) is 0.0732. The smallest absolute Gasteiger partial charge is 0.459 e. The fourth-order valence-electron chi connectivity index (χ4n) is 3.70. The lowest BCUT2D eigenvalue weighted by molar-refractivity contribution is -0.146. The van der Waals surface area contributed by atoms with Crippen molar-refractivity contribution in [3.8, 4) is 5.75 Å². The average Bonchev–Trinajstić information content (AvgIpc) is 3.03. The molecular weight excluding hydrogens is 485 g/mol. The zero-order chi connectivity index (χ0) is 26.0. The van der Waals surface area contributed by atoms with Gasteiger partial charge in [-0.1, -0.05) is 18.2 Å². The van der Waals surface area contributed by atoms with Crippen molar-refractivity contribution < 1.29 is 38.1 Å². The number of carbonyl (C=O) groups is 1. The number of carbonyl (C=O) groups excluding carboxylic acids is 1. The highest BCUT2D eigenvalue weighted by molar-refractivity contribution is 7.52. The van der Waals surface area contributed by atoms with E-state index >= 15 is 0 Å². The van der Waals surface area contributed by atoms with Crippen molar-refractivity contribution in [2.45, 2.75) is 57.0 Å². The minimum Gasteiger partial charge on any atom is -0.468 e. The first kappa shape index (κ1) is 26.8. The maximum absolute atomic E-state index is 13.6. The van der Waals surface area contributed by atoms with Crippen LogP contribution in [0.3, 0.4) is 0 Å². The summed E-state index contributed by atoms with van der Waals surface area (Å²) in [6.45, 7) is 4.14. The summed E-state index contributed by atoms with van der Waals surface area (Å²) in [6, 6.07) is 8.01. The van der Waals surface area contributed by atoms with Gasteiger partial charge in [0.1, 0.15) is 30.1 Å². The number of para-hydroxylation sites is 1. The third kappa shape index (κ3) is 5.72. The van der Waals surface area contributed by atoms with Crippen LogP contribution in [0.2, 0.25) is 0 Å². The summed E-state index contributed by atoms with van der Waals surface area (Å²) in [5.74, 6) is -0.555. The van der Waals surface area contributed by atoms with Crippen LogP contribution in [0.25, 0.3) is 0 Å². The van der Waals surface area contributed by atoms with E-state index < -0.39 is 61.1 Å². The molecule has 0 bridgehead atoms. The molecular formula is C21H28N3O10P. The third-order valence-electron chi connectivity index (χ3n) is 5.53. The van der Waals surface area contributed by atoms with Crippen molar-refractivity contribution in [2.75, 3.05) is 7.11 Å². The lowest BCUT2D eigenvalue weighted by Gasteiger charge is -2.31. The second-order valence-corrected chi connectivity index (χ2v) is 9.79. The van der Waals surface area contributed by atoms with Crippen LogP contribution in [0.15, 0.2) is 52.2 Å². The predicted molar refractivity (Wildman–Crippen MR) is 122 cm³/mol. The van der Waals surface area contributed by atoms with Crippen molar-refractivity contribution in [1.82, 2.24) is 14.6 Å². The highest BCUT2D eigenvalue weighted by atomic mass is 31.2. The quantitative estimate of drug-likeness (QED) is 0.263. The lowest BCUT2D eigenvalue weighted by atomic mass is 10.0. The molecule has 1 saturated heterocycles.